The number of hydrogen-bond donors (Lipinski definition) is 3. The molecule has 9 heteroatoms. The number of rotatable bonds is 10. The van der Waals surface area contributed by atoms with Gasteiger partial charge in [-0.25, -0.2) is 9.97 Å². The molecular weight excluding hydrogens is 440 g/mol. The molecule has 1 aromatic carbocycles. The van der Waals surface area contributed by atoms with Gasteiger partial charge in [-0.15, -0.1) is 0 Å². The predicted octanol–water partition coefficient (Wildman–Crippen LogP) is 4.61. The Morgan fingerprint density at radius 3 is 2.55 bits per heavy atom. The number of pyridine rings is 1. The van der Waals surface area contributed by atoms with Crippen LogP contribution in [0.25, 0.3) is 10.9 Å². The minimum atomic E-state index is -0.785. The smallest absolute Gasteiger partial charge is 0.261 e. The second kappa shape index (κ2) is 10.8. The number of carbonyl (C=O) groups excluding carboxylic acids is 1. The van der Waals surface area contributed by atoms with Gasteiger partial charge in [0.25, 0.3) is 5.56 Å². The molecule has 2 heterocycles. The summed E-state index contributed by atoms with van der Waals surface area (Å²) >= 11 is 5.90. The topological polar surface area (TPSA) is 129 Å². The van der Waals surface area contributed by atoms with Gasteiger partial charge in [0.05, 0.1) is 16.6 Å². The van der Waals surface area contributed by atoms with Crippen LogP contribution < -0.4 is 22.3 Å². The summed E-state index contributed by atoms with van der Waals surface area (Å²) in [4.78, 5) is 34.0. The quantitative estimate of drug-likeness (QED) is 0.171. The van der Waals surface area contributed by atoms with E-state index in [0.29, 0.717) is 40.5 Å². The largest absolute Gasteiger partial charge is 0.399 e. The Kier molecular flexibility index (Phi) is 8.05. The number of unbranched alkanes of at least 4 members (excludes halogenated alkanes) is 1. The molecule has 0 amide bonds. The highest BCUT2D eigenvalue weighted by Gasteiger charge is 2.21. The van der Waals surface area contributed by atoms with Gasteiger partial charge >= 0.3 is 0 Å². The number of nitrogen functional groups attached to an aromatic ring is 1. The van der Waals surface area contributed by atoms with Crippen LogP contribution in [0.4, 0.5) is 11.4 Å². The molecule has 3 rings (SSSR count). The van der Waals surface area contributed by atoms with Gasteiger partial charge in [-0.1, -0.05) is 38.8 Å². The zero-order valence-corrected chi connectivity index (χ0v) is 20.0. The van der Waals surface area contributed by atoms with E-state index in [9.17, 15) is 9.59 Å². The van der Waals surface area contributed by atoms with Crippen LogP contribution >= 0.6 is 11.6 Å². The third-order valence-electron chi connectivity index (χ3n) is 5.84. The van der Waals surface area contributed by atoms with Crippen molar-refractivity contribution in [2.45, 2.75) is 65.1 Å². The lowest BCUT2D eigenvalue weighted by Gasteiger charge is -2.23. The number of halogens is 1. The van der Waals surface area contributed by atoms with Crippen molar-refractivity contribution in [3.05, 3.63) is 56.9 Å². The molecule has 0 saturated heterocycles. The second-order valence-corrected chi connectivity index (χ2v) is 8.48. The lowest BCUT2D eigenvalue weighted by Crippen LogP contribution is -2.30. The van der Waals surface area contributed by atoms with E-state index in [1.165, 1.54) is 0 Å². The third kappa shape index (κ3) is 5.17. The molecule has 0 aliphatic heterocycles. The molecule has 0 spiro atoms. The van der Waals surface area contributed by atoms with Crippen molar-refractivity contribution in [1.29, 1.82) is 0 Å². The van der Waals surface area contributed by atoms with Crippen molar-refractivity contribution in [3.8, 4) is 0 Å². The van der Waals surface area contributed by atoms with Crippen molar-refractivity contribution < 1.29 is 4.79 Å². The van der Waals surface area contributed by atoms with E-state index in [4.69, 9.17) is 28.1 Å². The van der Waals surface area contributed by atoms with Crippen LogP contribution in [0.5, 0.6) is 0 Å². The van der Waals surface area contributed by atoms with E-state index >= 15 is 0 Å². The SMILES string of the molecule is CCCCc1nc2c(C(N)Nc3ccc(Cl)nc3C=O)cc(N)cc2c(=O)n1C(CC)CC. The molecule has 0 aliphatic rings. The number of anilines is 2. The van der Waals surface area contributed by atoms with Gasteiger partial charge in [-0.2, -0.15) is 0 Å². The summed E-state index contributed by atoms with van der Waals surface area (Å²) in [5, 5.41) is 3.72. The van der Waals surface area contributed by atoms with Crippen LogP contribution in [0.2, 0.25) is 5.15 Å². The summed E-state index contributed by atoms with van der Waals surface area (Å²) in [5.41, 5.74) is 14.6. The maximum Gasteiger partial charge on any atom is 0.261 e. The number of nitrogens with one attached hydrogen (secondary N) is 1. The summed E-state index contributed by atoms with van der Waals surface area (Å²) < 4.78 is 1.83. The molecule has 0 bridgehead atoms. The van der Waals surface area contributed by atoms with Gasteiger partial charge in [-0.3, -0.25) is 14.2 Å². The van der Waals surface area contributed by atoms with E-state index in [1.807, 2.05) is 4.57 Å². The molecule has 1 atom stereocenters. The maximum atomic E-state index is 13.6. The lowest BCUT2D eigenvalue weighted by atomic mass is 10.0. The molecule has 1 unspecified atom stereocenters. The molecule has 0 radical (unpaired) electrons. The highest BCUT2D eigenvalue weighted by Crippen LogP contribution is 2.28. The Hall–Kier alpha value is -2.97. The Bertz CT molecular complexity index is 1210. The number of hydrogen-bond acceptors (Lipinski definition) is 7. The first-order valence-corrected chi connectivity index (χ1v) is 11.7. The minimum Gasteiger partial charge on any atom is -0.399 e. The summed E-state index contributed by atoms with van der Waals surface area (Å²) in [6, 6.07) is 6.63. The monoisotopic (exact) mass is 470 g/mol. The summed E-state index contributed by atoms with van der Waals surface area (Å²) in [6.07, 6.45) is 4.09. The fourth-order valence-corrected chi connectivity index (χ4v) is 4.24. The first-order valence-electron chi connectivity index (χ1n) is 11.3. The van der Waals surface area contributed by atoms with Gasteiger partial charge < -0.3 is 16.8 Å². The third-order valence-corrected chi connectivity index (χ3v) is 6.05. The fourth-order valence-electron chi connectivity index (χ4n) is 4.08. The Balaban J connectivity index is 2.19. The van der Waals surface area contributed by atoms with Crippen LogP contribution in [-0.4, -0.2) is 20.8 Å². The zero-order valence-electron chi connectivity index (χ0n) is 19.3. The number of nitrogens with zero attached hydrogens (tertiary/aromatic N) is 3. The molecule has 3 aromatic rings. The average molecular weight is 471 g/mol. The average Bonchev–Trinajstić information content (AvgIpc) is 2.80. The zero-order chi connectivity index (χ0) is 24.1. The molecular formula is C24H31ClN6O2. The lowest BCUT2D eigenvalue weighted by molar-refractivity contribution is 0.112. The molecule has 0 fully saturated rings. The number of aldehydes is 1. The van der Waals surface area contributed by atoms with Crippen LogP contribution in [0.1, 0.15) is 80.5 Å². The van der Waals surface area contributed by atoms with Crippen molar-refractivity contribution in [3.63, 3.8) is 0 Å². The Morgan fingerprint density at radius 2 is 1.91 bits per heavy atom. The number of benzene rings is 1. The predicted molar refractivity (Wildman–Crippen MR) is 134 cm³/mol. The van der Waals surface area contributed by atoms with E-state index in [2.05, 4.69) is 31.1 Å². The molecule has 0 aliphatic carbocycles. The fraction of sp³-hybridized carbons (Fsp3) is 0.417. The van der Waals surface area contributed by atoms with E-state index < -0.39 is 6.17 Å². The summed E-state index contributed by atoms with van der Waals surface area (Å²) in [5.74, 6) is 0.753. The summed E-state index contributed by atoms with van der Waals surface area (Å²) in [7, 11) is 0. The highest BCUT2D eigenvalue weighted by atomic mass is 35.5. The highest BCUT2D eigenvalue weighted by molar-refractivity contribution is 6.29. The number of aryl methyl sites for hydroxylation is 1. The molecule has 8 nitrogen and oxygen atoms in total. The Labute approximate surface area is 198 Å². The van der Waals surface area contributed by atoms with Gasteiger partial charge in [-0.05, 0) is 43.5 Å². The standard InChI is InChI=1S/C24H31ClN6O2/c1-4-7-8-21-30-22-16(23(27)29-18-9-10-20(25)28-19(18)13-32)11-14(26)12-17(22)24(33)31(21)15(5-2)6-3/h9-13,15,23,29H,4-8,26-27H2,1-3H3. The molecule has 2 aromatic heterocycles. The van der Waals surface area contributed by atoms with Crippen molar-refractivity contribution in [2.75, 3.05) is 11.1 Å². The molecule has 5 N–H and O–H groups in total. The van der Waals surface area contributed by atoms with Crippen LogP contribution in [0.3, 0.4) is 0 Å². The van der Waals surface area contributed by atoms with Crippen molar-refractivity contribution >= 4 is 40.2 Å². The summed E-state index contributed by atoms with van der Waals surface area (Å²) in [6.45, 7) is 6.25. The normalized spacial score (nSPS) is 12.3. The van der Waals surface area contributed by atoms with Gasteiger partial charge in [0.1, 0.15) is 22.8 Å². The number of fused-ring (bicyclic) bond motifs is 1. The molecule has 176 valence electrons. The van der Waals surface area contributed by atoms with Crippen LogP contribution in [-0.2, 0) is 6.42 Å². The maximum absolute atomic E-state index is 13.6. The second-order valence-electron chi connectivity index (χ2n) is 8.09. The van der Waals surface area contributed by atoms with E-state index in [-0.39, 0.29) is 22.4 Å². The van der Waals surface area contributed by atoms with Gasteiger partial charge in [0.2, 0.25) is 0 Å². The van der Waals surface area contributed by atoms with Gasteiger partial charge in [0, 0.05) is 23.7 Å². The van der Waals surface area contributed by atoms with Gasteiger partial charge in [0.15, 0.2) is 6.29 Å². The number of nitrogens with two attached hydrogens (primary N) is 2. The van der Waals surface area contributed by atoms with E-state index in [0.717, 1.165) is 31.5 Å². The number of carbonyl (C=O) groups is 1. The minimum absolute atomic E-state index is 0.0632. The Morgan fingerprint density at radius 1 is 1.18 bits per heavy atom. The van der Waals surface area contributed by atoms with Crippen LogP contribution in [0, 0.1) is 0 Å². The van der Waals surface area contributed by atoms with Crippen molar-refractivity contribution in [2.24, 2.45) is 5.73 Å². The van der Waals surface area contributed by atoms with Crippen LogP contribution in [0.15, 0.2) is 29.1 Å². The first-order chi connectivity index (χ1) is 15.8. The van der Waals surface area contributed by atoms with E-state index in [1.54, 1.807) is 24.3 Å². The molecule has 33 heavy (non-hydrogen) atoms. The van der Waals surface area contributed by atoms with Crippen molar-refractivity contribution in [1.82, 2.24) is 14.5 Å². The first kappa shape index (κ1) is 24.7. The molecule has 0 saturated carbocycles. The number of aromatic nitrogens is 3.